The third kappa shape index (κ3) is 4.57. The lowest BCUT2D eigenvalue weighted by Gasteiger charge is -2.40. The maximum absolute atomic E-state index is 13.3. The van der Waals surface area contributed by atoms with E-state index in [-0.39, 0.29) is 16.6 Å². The first-order chi connectivity index (χ1) is 16.2. The molecule has 0 unspecified atom stereocenters. The summed E-state index contributed by atoms with van der Waals surface area (Å²) in [7, 11) is 0. The van der Waals surface area contributed by atoms with E-state index in [1.807, 2.05) is 12.4 Å². The second-order valence-corrected chi connectivity index (χ2v) is 10.3. The lowest BCUT2D eigenvalue weighted by Crippen LogP contribution is -2.51. The van der Waals surface area contributed by atoms with Crippen molar-refractivity contribution in [2.75, 3.05) is 38.0 Å². The molecule has 6 nitrogen and oxygen atoms in total. The van der Waals surface area contributed by atoms with Crippen LogP contribution in [0.25, 0.3) is 0 Å². The summed E-state index contributed by atoms with van der Waals surface area (Å²) in [6, 6.07) is 2.97. The van der Waals surface area contributed by atoms with Crippen LogP contribution in [-0.4, -0.2) is 53.3 Å². The molecule has 3 fully saturated rings. The maximum Gasteiger partial charge on any atom is 0.416 e. The van der Waals surface area contributed by atoms with E-state index in [0.717, 1.165) is 75.6 Å². The van der Waals surface area contributed by atoms with Gasteiger partial charge in [-0.15, -0.1) is 0 Å². The maximum atomic E-state index is 13.3. The Kier molecular flexibility index (Phi) is 6.37. The van der Waals surface area contributed by atoms with Gasteiger partial charge in [-0.05, 0) is 80.8 Å². The molecule has 1 amide bonds. The van der Waals surface area contributed by atoms with Crippen LogP contribution in [0.4, 0.5) is 18.9 Å². The van der Waals surface area contributed by atoms with Gasteiger partial charge >= 0.3 is 6.18 Å². The highest BCUT2D eigenvalue weighted by molar-refractivity contribution is 6.33. The van der Waals surface area contributed by atoms with Gasteiger partial charge in [-0.2, -0.15) is 18.3 Å². The molecule has 0 atom stereocenters. The zero-order valence-electron chi connectivity index (χ0n) is 18.9. The average Bonchev–Trinajstić information content (AvgIpc) is 3.21. The molecule has 3 aliphatic rings. The highest BCUT2D eigenvalue weighted by atomic mass is 35.5. The Hall–Kier alpha value is -2.10. The van der Waals surface area contributed by atoms with Gasteiger partial charge in [0.15, 0.2) is 0 Å². The van der Waals surface area contributed by atoms with E-state index in [0.29, 0.717) is 18.8 Å². The van der Waals surface area contributed by atoms with Crippen molar-refractivity contribution in [1.29, 1.82) is 0 Å². The van der Waals surface area contributed by atoms with Crippen molar-refractivity contribution in [3.63, 3.8) is 0 Å². The van der Waals surface area contributed by atoms with Gasteiger partial charge in [-0.25, -0.2) is 0 Å². The number of carbonyl (C=O) groups is 1. The molecule has 2 aromatic rings. The Morgan fingerprint density at radius 2 is 1.97 bits per heavy atom. The Labute approximate surface area is 201 Å². The van der Waals surface area contributed by atoms with E-state index in [1.54, 1.807) is 4.68 Å². The summed E-state index contributed by atoms with van der Waals surface area (Å²) in [6.07, 6.45) is 3.67. The number of halogens is 4. The van der Waals surface area contributed by atoms with Gasteiger partial charge in [0, 0.05) is 25.8 Å². The summed E-state index contributed by atoms with van der Waals surface area (Å²) in [5.41, 5.74) is -0.354. The minimum Gasteiger partial charge on any atom is -0.323 e. The number of nitrogens with zero attached hydrogens (tertiary/aromatic N) is 3. The molecule has 2 N–H and O–H groups in total. The van der Waals surface area contributed by atoms with Crippen molar-refractivity contribution in [2.45, 2.75) is 49.7 Å². The molecule has 34 heavy (non-hydrogen) atoms. The lowest BCUT2D eigenvalue weighted by molar-refractivity contribution is -0.137. The molecule has 1 aliphatic carbocycles. The summed E-state index contributed by atoms with van der Waals surface area (Å²) < 4.78 is 40.5. The van der Waals surface area contributed by atoms with Crippen LogP contribution in [0.3, 0.4) is 0 Å². The second-order valence-electron chi connectivity index (χ2n) is 9.85. The zero-order chi connectivity index (χ0) is 23.9. The summed E-state index contributed by atoms with van der Waals surface area (Å²) >= 11 is 6.05. The number of likely N-dealkylation sites (tertiary alicyclic amines) is 1. The van der Waals surface area contributed by atoms with Gasteiger partial charge in [0.05, 0.1) is 22.5 Å². The highest BCUT2D eigenvalue weighted by Crippen LogP contribution is 2.42. The molecule has 0 spiro atoms. The average molecular weight is 496 g/mol. The molecule has 1 aromatic heterocycles. The molecule has 0 radical (unpaired) electrons. The first-order valence-electron chi connectivity index (χ1n) is 11.9. The predicted molar refractivity (Wildman–Crippen MR) is 124 cm³/mol. The van der Waals surface area contributed by atoms with Crippen molar-refractivity contribution in [3.8, 4) is 0 Å². The number of alkyl halides is 3. The number of carbonyl (C=O) groups excluding carboxylic acids is 1. The normalized spacial score (nSPS) is 21.6. The molecule has 2 saturated heterocycles. The van der Waals surface area contributed by atoms with Crippen molar-refractivity contribution < 1.29 is 18.0 Å². The van der Waals surface area contributed by atoms with Crippen molar-refractivity contribution in [3.05, 3.63) is 46.7 Å². The molecule has 2 aliphatic heterocycles. The Morgan fingerprint density at radius 1 is 1.24 bits per heavy atom. The van der Waals surface area contributed by atoms with Gasteiger partial charge in [0.25, 0.3) is 5.91 Å². The fourth-order valence-electron chi connectivity index (χ4n) is 5.18. The topological polar surface area (TPSA) is 62.2 Å². The largest absolute Gasteiger partial charge is 0.416 e. The Balaban J connectivity index is 1.25. The highest BCUT2D eigenvalue weighted by Gasteiger charge is 2.47. The van der Waals surface area contributed by atoms with Crippen LogP contribution in [0.5, 0.6) is 0 Å². The zero-order valence-corrected chi connectivity index (χ0v) is 19.6. The number of hydrogen-bond acceptors (Lipinski definition) is 4. The van der Waals surface area contributed by atoms with E-state index in [4.69, 9.17) is 11.6 Å². The quantitative estimate of drug-likeness (QED) is 0.620. The van der Waals surface area contributed by atoms with E-state index >= 15 is 0 Å². The number of nitrogens with one attached hydrogen (secondary N) is 2. The standard InChI is InChI=1S/C24H29ClF3N5O/c25-20-10-19(24(26,27)28)2-3-21(20)31-22(34)23(6-1-7-23)33-15-18(13-30-33)17-4-8-32(9-5-17)14-16-11-29-12-16/h2-3,10,13,15-17,29H,1,4-9,11-12,14H2,(H,31,34). The summed E-state index contributed by atoms with van der Waals surface area (Å²) in [6.45, 7) is 5.55. The first-order valence-corrected chi connectivity index (χ1v) is 12.3. The second kappa shape index (κ2) is 9.17. The minimum absolute atomic E-state index is 0.136. The molecule has 0 bridgehead atoms. The number of benzene rings is 1. The van der Waals surface area contributed by atoms with E-state index in [9.17, 15) is 18.0 Å². The van der Waals surface area contributed by atoms with E-state index < -0.39 is 17.3 Å². The van der Waals surface area contributed by atoms with E-state index in [2.05, 4.69) is 20.6 Å². The van der Waals surface area contributed by atoms with Gasteiger partial charge < -0.3 is 15.5 Å². The molecule has 3 heterocycles. The predicted octanol–water partition coefficient (Wildman–Crippen LogP) is 4.47. The Morgan fingerprint density at radius 3 is 2.53 bits per heavy atom. The van der Waals surface area contributed by atoms with Crippen LogP contribution in [0.15, 0.2) is 30.6 Å². The van der Waals surface area contributed by atoms with Crippen LogP contribution < -0.4 is 10.6 Å². The minimum atomic E-state index is -4.49. The monoisotopic (exact) mass is 495 g/mol. The van der Waals surface area contributed by atoms with Crippen LogP contribution in [0, 0.1) is 5.92 Å². The molecule has 1 saturated carbocycles. The van der Waals surface area contributed by atoms with Crippen LogP contribution >= 0.6 is 11.6 Å². The van der Waals surface area contributed by atoms with Gasteiger partial charge in [-0.3, -0.25) is 9.48 Å². The van der Waals surface area contributed by atoms with Crippen LogP contribution in [0.2, 0.25) is 5.02 Å². The number of rotatable bonds is 6. The van der Waals surface area contributed by atoms with Crippen LogP contribution in [-0.2, 0) is 16.5 Å². The van der Waals surface area contributed by atoms with Gasteiger partial charge in [-0.1, -0.05) is 11.6 Å². The smallest absolute Gasteiger partial charge is 0.323 e. The number of aromatic nitrogens is 2. The molecular weight excluding hydrogens is 467 g/mol. The third-order valence-electron chi connectivity index (χ3n) is 7.63. The fourth-order valence-corrected chi connectivity index (χ4v) is 5.40. The number of hydrogen-bond donors (Lipinski definition) is 2. The molecule has 5 rings (SSSR count). The van der Waals surface area contributed by atoms with Gasteiger partial charge in [0.1, 0.15) is 5.54 Å². The Bertz CT molecular complexity index is 1040. The number of piperidine rings is 1. The molecular formula is C24H29ClF3N5O. The van der Waals surface area contributed by atoms with Gasteiger partial charge in [0.2, 0.25) is 0 Å². The lowest BCUT2D eigenvalue weighted by atomic mass is 9.76. The van der Waals surface area contributed by atoms with Crippen molar-refractivity contribution in [2.24, 2.45) is 5.92 Å². The number of amides is 1. The van der Waals surface area contributed by atoms with Crippen LogP contribution in [0.1, 0.15) is 49.1 Å². The molecule has 1 aromatic carbocycles. The first kappa shape index (κ1) is 23.6. The summed E-state index contributed by atoms with van der Waals surface area (Å²) in [5.74, 6) is 0.905. The molecule has 10 heteroatoms. The molecule has 184 valence electrons. The third-order valence-corrected chi connectivity index (χ3v) is 7.94. The summed E-state index contributed by atoms with van der Waals surface area (Å²) in [5, 5.41) is 10.5. The summed E-state index contributed by atoms with van der Waals surface area (Å²) in [4.78, 5) is 15.8. The van der Waals surface area contributed by atoms with Crippen molar-refractivity contribution >= 4 is 23.2 Å². The SMILES string of the molecule is O=C(Nc1ccc(C(F)(F)F)cc1Cl)C1(n2cc(C3CCN(CC4CNC4)CC3)cn2)CCC1. The van der Waals surface area contributed by atoms with E-state index in [1.165, 1.54) is 6.07 Å². The fraction of sp³-hybridized carbons (Fsp3) is 0.583. The number of anilines is 1. The van der Waals surface area contributed by atoms with Crippen molar-refractivity contribution in [1.82, 2.24) is 20.0 Å².